The molecule has 1 atom stereocenters. The zero-order chi connectivity index (χ0) is 14.6. The molecule has 0 fully saturated rings. The highest BCUT2D eigenvalue weighted by Gasteiger charge is 2.18. The zero-order valence-electron chi connectivity index (χ0n) is 12.6. The Kier molecular flexibility index (Phi) is 5.48. The van der Waals surface area contributed by atoms with Crippen LogP contribution in [0, 0.1) is 23.5 Å². The van der Waals surface area contributed by atoms with Gasteiger partial charge in [0.05, 0.1) is 0 Å². The molecule has 0 aliphatic rings. The van der Waals surface area contributed by atoms with Crippen LogP contribution < -0.4 is 5.32 Å². The molecular formula is C16H25F2N. The van der Waals surface area contributed by atoms with E-state index in [1.165, 1.54) is 12.1 Å². The van der Waals surface area contributed by atoms with Gasteiger partial charge >= 0.3 is 0 Å². The number of rotatable bonds is 5. The fourth-order valence-corrected chi connectivity index (χ4v) is 1.95. The van der Waals surface area contributed by atoms with Gasteiger partial charge in [0.25, 0.3) is 0 Å². The Bertz CT molecular complexity index is 408. The molecule has 0 radical (unpaired) electrons. The Labute approximate surface area is 115 Å². The molecule has 0 saturated heterocycles. The van der Waals surface area contributed by atoms with Gasteiger partial charge in [-0.15, -0.1) is 0 Å². The van der Waals surface area contributed by atoms with Crippen molar-refractivity contribution in [1.29, 1.82) is 0 Å². The van der Waals surface area contributed by atoms with Crippen molar-refractivity contribution in [3.8, 4) is 0 Å². The van der Waals surface area contributed by atoms with Crippen LogP contribution in [0.3, 0.4) is 0 Å². The predicted molar refractivity (Wildman–Crippen MR) is 76.1 cm³/mol. The lowest BCUT2D eigenvalue weighted by Crippen LogP contribution is -2.40. The minimum Gasteiger partial charge on any atom is -0.312 e. The van der Waals surface area contributed by atoms with Gasteiger partial charge in [0.2, 0.25) is 0 Å². The normalized spacial score (nSPS) is 13.9. The third-order valence-electron chi connectivity index (χ3n) is 3.32. The summed E-state index contributed by atoms with van der Waals surface area (Å²) < 4.78 is 26.1. The van der Waals surface area contributed by atoms with Crippen LogP contribution in [0.2, 0.25) is 0 Å². The average molecular weight is 269 g/mol. The van der Waals surface area contributed by atoms with E-state index in [9.17, 15) is 8.78 Å². The molecule has 3 heteroatoms. The summed E-state index contributed by atoms with van der Waals surface area (Å²) >= 11 is 0. The van der Waals surface area contributed by atoms with E-state index >= 15 is 0 Å². The molecule has 0 aliphatic heterocycles. The molecule has 0 spiro atoms. The first-order valence-corrected chi connectivity index (χ1v) is 6.88. The van der Waals surface area contributed by atoms with Gasteiger partial charge < -0.3 is 5.32 Å². The van der Waals surface area contributed by atoms with Gasteiger partial charge in [-0.05, 0) is 63.3 Å². The third-order valence-corrected chi connectivity index (χ3v) is 3.32. The molecule has 0 bridgehead atoms. The second-order valence-corrected chi connectivity index (χ2v) is 6.59. The largest absolute Gasteiger partial charge is 0.312 e. The highest BCUT2D eigenvalue weighted by molar-refractivity contribution is 5.18. The van der Waals surface area contributed by atoms with E-state index in [1.807, 2.05) is 0 Å². The Morgan fingerprint density at radius 2 is 1.74 bits per heavy atom. The highest BCUT2D eigenvalue weighted by atomic mass is 19.2. The van der Waals surface area contributed by atoms with E-state index in [-0.39, 0.29) is 5.54 Å². The molecule has 1 N–H and O–H groups in total. The van der Waals surface area contributed by atoms with Crippen LogP contribution in [0.4, 0.5) is 8.78 Å². The van der Waals surface area contributed by atoms with Crippen LogP contribution >= 0.6 is 0 Å². The first kappa shape index (κ1) is 16.1. The molecule has 1 aromatic carbocycles. The molecule has 1 unspecified atom stereocenters. The van der Waals surface area contributed by atoms with Crippen molar-refractivity contribution in [2.45, 2.75) is 46.6 Å². The number of hydrogen-bond acceptors (Lipinski definition) is 1. The summed E-state index contributed by atoms with van der Waals surface area (Å²) in [6.07, 6.45) is 0.762. The quantitative estimate of drug-likeness (QED) is 0.846. The Balaban J connectivity index is 2.70. The first-order valence-electron chi connectivity index (χ1n) is 6.88. The van der Waals surface area contributed by atoms with E-state index in [0.717, 1.165) is 18.5 Å². The smallest absolute Gasteiger partial charge is 0.159 e. The van der Waals surface area contributed by atoms with E-state index in [2.05, 4.69) is 39.9 Å². The molecule has 19 heavy (non-hydrogen) atoms. The lowest BCUT2D eigenvalue weighted by atomic mass is 9.88. The summed E-state index contributed by atoms with van der Waals surface area (Å²) in [5.41, 5.74) is 0.926. The minimum atomic E-state index is -0.780. The number of nitrogens with one attached hydrogen (secondary N) is 1. The van der Waals surface area contributed by atoms with Crippen LogP contribution in [0.5, 0.6) is 0 Å². The van der Waals surface area contributed by atoms with Crippen LogP contribution in [0.25, 0.3) is 0 Å². The molecule has 1 aromatic rings. The Hall–Kier alpha value is -0.960. The third kappa shape index (κ3) is 5.68. The number of halogens is 2. The van der Waals surface area contributed by atoms with Crippen molar-refractivity contribution >= 4 is 0 Å². The van der Waals surface area contributed by atoms with Gasteiger partial charge in [-0.1, -0.05) is 19.9 Å². The fraction of sp³-hybridized carbons (Fsp3) is 0.625. The van der Waals surface area contributed by atoms with Gasteiger partial charge in [0.1, 0.15) is 0 Å². The molecular weight excluding hydrogens is 244 g/mol. The van der Waals surface area contributed by atoms with E-state index in [4.69, 9.17) is 0 Å². The summed E-state index contributed by atoms with van der Waals surface area (Å²) in [6.45, 7) is 11.6. The molecule has 0 heterocycles. The molecule has 108 valence electrons. The van der Waals surface area contributed by atoms with Crippen LogP contribution in [-0.2, 0) is 6.42 Å². The van der Waals surface area contributed by atoms with Crippen molar-refractivity contribution in [2.75, 3.05) is 6.54 Å². The summed E-state index contributed by atoms with van der Waals surface area (Å²) in [5.74, 6) is -0.645. The standard InChI is InChI=1S/C16H25F2N/c1-11(2)13(10-19-16(3,4)5)8-12-6-7-14(17)15(18)9-12/h6-7,9,11,13,19H,8,10H2,1-5H3. The number of hydrogen-bond donors (Lipinski definition) is 1. The number of benzene rings is 1. The molecule has 1 nitrogen and oxygen atoms in total. The van der Waals surface area contributed by atoms with Crippen molar-refractivity contribution in [1.82, 2.24) is 5.32 Å². The summed E-state index contributed by atoms with van der Waals surface area (Å²) in [4.78, 5) is 0. The van der Waals surface area contributed by atoms with E-state index in [0.29, 0.717) is 11.8 Å². The summed E-state index contributed by atoms with van der Waals surface area (Å²) in [7, 11) is 0. The molecule has 0 saturated carbocycles. The van der Waals surface area contributed by atoms with Crippen LogP contribution in [0.15, 0.2) is 18.2 Å². The molecule has 0 aliphatic carbocycles. The molecule has 0 amide bonds. The minimum absolute atomic E-state index is 0.0706. The predicted octanol–water partition coefficient (Wildman–Crippen LogP) is 4.17. The maximum absolute atomic E-state index is 13.2. The highest BCUT2D eigenvalue weighted by Crippen LogP contribution is 2.19. The maximum Gasteiger partial charge on any atom is 0.159 e. The summed E-state index contributed by atoms with van der Waals surface area (Å²) in [6, 6.07) is 4.19. The van der Waals surface area contributed by atoms with E-state index in [1.54, 1.807) is 6.07 Å². The van der Waals surface area contributed by atoms with Crippen molar-refractivity contribution in [2.24, 2.45) is 11.8 Å². The second-order valence-electron chi connectivity index (χ2n) is 6.59. The van der Waals surface area contributed by atoms with Crippen molar-refractivity contribution in [3.63, 3.8) is 0 Å². The van der Waals surface area contributed by atoms with Gasteiger partial charge in [-0.25, -0.2) is 8.78 Å². The maximum atomic E-state index is 13.2. The van der Waals surface area contributed by atoms with Gasteiger partial charge in [-0.3, -0.25) is 0 Å². The molecule has 1 rings (SSSR count). The van der Waals surface area contributed by atoms with E-state index < -0.39 is 11.6 Å². The second kappa shape index (κ2) is 6.47. The lowest BCUT2D eigenvalue weighted by Gasteiger charge is -2.27. The van der Waals surface area contributed by atoms with Crippen molar-refractivity contribution in [3.05, 3.63) is 35.4 Å². The Morgan fingerprint density at radius 1 is 1.11 bits per heavy atom. The topological polar surface area (TPSA) is 12.0 Å². The van der Waals surface area contributed by atoms with Crippen molar-refractivity contribution < 1.29 is 8.78 Å². The monoisotopic (exact) mass is 269 g/mol. The molecule has 0 aromatic heterocycles. The Morgan fingerprint density at radius 3 is 2.21 bits per heavy atom. The van der Waals surface area contributed by atoms with Gasteiger partial charge in [-0.2, -0.15) is 0 Å². The lowest BCUT2D eigenvalue weighted by molar-refractivity contribution is 0.312. The van der Waals surface area contributed by atoms with Gasteiger partial charge in [0.15, 0.2) is 11.6 Å². The van der Waals surface area contributed by atoms with Gasteiger partial charge in [0, 0.05) is 5.54 Å². The SMILES string of the molecule is CC(C)C(CNC(C)(C)C)Cc1ccc(F)c(F)c1. The average Bonchev–Trinajstić information content (AvgIpc) is 2.27. The summed E-state index contributed by atoms with van der Waals surface area (Å²) in [5, 5.41) is 3.48. The van der Waals surface area contributed by atoms with Crippen LogP contribution in [-0.4, -0.2) is 12.1 Å². The fourth-order valence-electron chi connectivity index (χ4n) is 1.95. The van der Waals surface area contributed by atoms with Crippen LogP contribution in [0.1, 0.15) is 40.2 Å². The zero-order valence-corrected chi connectivity index (χ0v) is 12.6. The first-order chi connectivity index (χ1) is 8.69.